The van der Waals surface area contributed by atoms with Crippen molar-refractivity contribution >= 4 is 22.4 Å². The van der Waals surface area contributed by atoms with Crippen molar-refractivity contribution < 1.29 is 9.18 Å². The molecule has 0 radical (unpaired) electrons. The molecule has 4 rings (SSSR count). The number of nitrogens with zero attached hydrogens (tertiary/aromatic N) is 2. The molecule has 116 valence electrons. The van der Waals surface area contributed by atoms with Gasteiger partial charge in [0.25, 0.3) is 5.91 Å². The molecule has 5 nitrogen and oxygen atoms in total. The maximum absolute atomic E-state index is 13.3. The molecule has 2 heterocycles. The molecule has 23 heavy (non-hydrogen) atoms. The second-order valence-corrected chi connectivity index (χ2v) is 6.34. The molecule has 0 bridgehead atoms. The van der Waals surface area contributed by atoms with Gasteiger partial charge in [0.2, 0.25) is 0 Å². The molecule has 1 aromatic carbocycles. The monoisotopic (exact) mass is 328 g/mol. The van der Waals surface area contributed by atoms with Crippen LogP contribution in [0.2, 0.25) is 0 Å². The first-order valence-corrected chi connectivity index (χ1v) is 8.15. The summed E-state index contributed by atoms with van der Waals surface area (Å²) < 4.78 is 13.3. The van der Waals surface area contributed by atoms with Crippen molar-refractivity contribution in [2.45, 2.75) is 18.8 Å². The summed E-state index contributed by atoms with van der Waals surface area (Å²) in [5, 5.41) is 11.9. The van der Waals surface area contributed by atoms with Gasteiger partial charge in [0.05, 0.1) is 5.69 Å². The third-order valence-electron chi connectivity index (χ3n) is 3.69. The number of carbonyl (C=O) groups is 1. The van der Waals surface area contributed by atoms with E-state index in [0.29, 0.717) is 28.0 Å². The minimum Gasteiger partial charge on any atom is -0.296 e. The van der Waals surface area contributed by atoms with Crippen LogP contribution in [0.4, 0.5) is 9.52 Å². The Morgan fingerprint density at radius 3 is 3.00 bits per heavy atom. The molecule has 0 spiro atoms. The summed E-state index contributed by atoms with van der Waals surface area (Å²) in [4.78, 5) is 16.5. The molecule has 1 aliphatic rings. The molecule has 2 aromatic heterocycles. The second kappa shape index (κ2) is 5.58. The molecule has 2 N–H and O–H groups in total. The lowest BCUT2D eigenvalue weighted by Crippen LogP contribution is -2.12. The summed E-state index contributed by atoms with van der Waals surface area (Å²) in [7, 11) is 0. The summed E-state index contributed by atoms with van der Waals surface area (Å²) in [5.74, 6) is -0.0954. The maximum Gasteiger partial charge on any atom is 0.277 e. The van der Waals surface area contributed by atoms with Crippen molar-refractivity contribution in [1.29, 1.82) is 0 Å². The number of benzene rings is 1. The van der Waals surface area contributed by atoms with Gasteiger partial charge in [-0.3, -0.25) is 15.2 Å². The number of aromatic amines is 1. The Labute approximate surface area is 135 Å². The number of H-pyrrole nitrogens is 1. The number of anilines is 1. The van der Waals surface area contributed by atoms with Crippen LogP contribution in [0.5, 0.6) is 0 Å². The Bertz CT molecular complexity index is 868. The van der Waals surface area contributed by atoms with Gasteiger partial charge in [0, 0.05) is 22.6 Å². The van der Waals surface area contributed by atoms with Crippen molar-refractivity contribution in [2.24, 2.45) is 0 Å². The molecule has 1 aliphatic carbocycles. The molecule has 1 saturated carbocycles. The second-order valence-electron chi connectivity index (χ2n) is 5.49. The Kier molecular flexibility index (Phi) is 3.42. The van der Waals surface area contributed by atoms with E-state index in [1.165, 1.54) is 23.5 Å². The van der Waals surface area contributed by atoms with Crippen LogP contribution in [0.3, 0.4) is 0 Å². The summed E-state index contributed by atoms with van der Waals surface area (Å²) in [6.07, 6.45) is 2.29. The van der Waals surface area contributed by atoms with E-state index < -0.39 is 0 Å². The number of aromatic nitrogens is 3. The number of hydrogen-bond donors (Lipinski definition) is 2. The van der Waals surface area contributed by atoms with E-state index in [9.17, 15) is 9.18 Å². The third-order valence-corrected chi connectivity index (χ3v) is 4.45. The zero-order valence-electron chi connectivity index (χ0n) is 12.0. The maximum atomic E-state index is 13.3. The molecular formula is C16H13FN4OS. The number of halogens is 1. The Morgan fingerprint density at radius 1 is 1.35 bits per heavy atom. The van der Waals surface area contributed by atoms with Gasteiger partial charge in [-0.25, -0.2) is 9.37 Å². The van der Waals surface area contributed by atoms with Crippen molar-refractivity contribution in [3.8, 4) is 11.3 Å². The summed E-state index contributed by atoms with van der Waals surface area (Å²) in [6, 6.07) is 7.99. The highest BCUT2D eigenvalue weighted by Crippen LogP contribution is 2.39. The van der Waals surface area contributed by atoms with Gasteiger partial charge >= 0.3 is 0 Å². The molecule has 0 unspecified atom stereocenters. The van der Waals surface area contributed by atoms with Gasteiger partial charge in [-0.15, -0.1) is 11.3 Å². The van der Waals surface area contributed by atoms with Crippen LogP contribution in [-0.2, 0) is 0 Å². The zero-order chi connectivity index (χ0) is 15.8. The van der Waals surface area contributed by atoms with Gasteiger partial charge < -0.3 is 0 Å². The fourth-order valence-corrected chi connectivity index (χ4v) is 3.04. The van der Waals surface area contributed by atoms with Crippen LogP contribution >= 0.6 is 11.3 Å². The number of amides is 1. The first-order chi connectivity index (χ1) is 11.2. The number of nitrogens with one attached hydrogen (secondary N) is 2. The summed E-state index contributed by atoms with van der Waals surface area (Å²) in [6.45, 7) is 0. The van der Waals surface area contributed by atoms with Crippen LogP contribution in [0, 0.1) is 5.82 Å². The SMILES string of the molecule is O=C(Nc1nc(-c2cccc(F)c2)cs1)c1cc(C2CC2)[nH]n1. The largest absolute Gasteiger partial charge is 0.296 e. The van der Waals surface area contributed by atoms with Crippen molar-refractivity contribution in [1.82, 2.24) is 15.2 Å². The van der Waals surface area contributed by atoms with Gasteiger partial charge in [-0.1, -0.05) is 12.1 Å². The fourth-order valence-electron chi connectivity index (χ4n) is 2.33. The van der Waals surface area contributed by atoms with E-state index in [1.54, 1.807) is 23.6 Å². The lowest BCUT2D eigenvalue weighted by Gasteiger charge is -1.98. The molecule has 0 atom stereocenters. The van der Waals surface area contributed by atoms with Crippen LogP contribution in [0.15, 0.2) is 35.7 Å². The average Bonchev–Trinajstić information content (AvgIpc) is 3.09. The Hall–Kier alpha value is -2.54. The average molecular weight is 328 g/mol. The highest BCUT2D eigenvalue weighted by atomic mass is 32.1. The number of hydrogen-bond acceptors (Lipinski definition) is 4. The molecule has 0 aliphatic heterocycles. The number of rotatable bonds is 4. The molecule has 1 fully saturated rings. The minimum atomic E-state index is -0.315. The molecule has 1 amide bonds. The first-order valence-electron chi connectivity index (χ1n) is 7.27. The van der Waals surface area contributed by atoms with Gasteiger partial charge in [0.15, 0.2) is 10.8 Å². The van der Waals surface area contributed by atoms with Crippen LogP contribution in [-0.4, -0.2) is 21.1 Å². The van der Waals surface area contributed by atoms with E-state index in [0.717, 1.165) is 18.5 Å². The van der Waals surface area contributed by atoms with E-state index >= 15 is 0 Å². The summed E-state index contributed by atoms with van der Waals surface area (Å²) in [5.41, 5.74) is 2.67. The van der Waals surface area contributed by atoms with Crippen molar-refractivity contribution in [2.75, 3.05) is 5.32 Å². The van der Waals surface area contributed by atoms with Crippen molar-refractivity contribution in [3.63, 3.8) is 0 Å². The van der Waals surface area contributed by atoms with E-state index in [1.807, 2.05) is 0 Å². The van der Waals surface area contributed by atoms with E-state index in [-0.39, 0.29) is 11.7 Å². The van der Waals surface area contributed by atoms with Crippen LogP contribution < -0.4 is 5.32 Å². The molecule has 0 saturated heterocycles. The normalized spacial score (nSPS) is 14.0. The Morgan fingerprint density at radius 2 is 2.22 bits per heavy atom. The third kappa shape index (κ3) is 3.00. The molecular weight excluding hydrogens is 315 g/mol. The number of thiazole rings is 1. The van der Waals surface area contributed by atoms with E-state index in [2.05, 4.69) is 20.5 Å². The molecule has 3 aromatic rings. The lowest BCUT2D eigenvalue weighted by atomic mass is 10.2. The minimum absolute atomic E-state index is 0.298. The summed E-state index contributed by atoms with van der Waals surface area (Å²) >= 11 is 1.30. The van der Waals surface area contributed by atoms with Gasteiger partial charge in [-0.05, 0) is 31.0 Å². The number of carbonyl (C=O) groups excluding carboxylic acids is 1. The highest BCUT2D eigenvalue weighted by Gasteiger charge is 2.26. The topological polar surface area (TPSA) is 70.7 Å². The lowest BCUT2D eigenvalue weighted by molar-refractivity contribution is 0.102. The predicted octanol–water partition coefficient (Wildman–Crippen LogP) is 3.80. The van der Waals surface area contributed by atoms with E-state index in [4.69, 9.17) is 0 Å². The zero-order valence-corrected chi connectivity index (χ0v) is 12.9. The highest BCUT2D eigenvalue weighted by molar-refractivity contribution is 7.14. The first kappa shape index (κ1) is 14.1. The van der Waals surface area contributed by atoms with Gasteiger partial charge in [0.1, 0.15) is 5.82 Å². The smallest absolute Gasteiger partial charge is 0.277 e. The van der Waals surface area contributed by atoms with Gasteiger partial charge in [-0.2, -0.15) is 5.10 Å². The molecule has 7 heteroatoms. The predicted molar refractivity (Wildman–Crippen MR) is 86.0 cm³/mol. The quantitative estimate of drug-likeness (QED) is 0.765. The van der Waals surface area contributed by atoms with Crippen LogP contribution in [0.1, 0.15) is 34.9 Å². The van der Waals surface area contributed by atoms with Crippen LogP contribution in [0.25, 0.3) is 11.3 Å². The fraction of sp³-hybridized carbons (Fsp3) is 0.188. The Balaban J connectivity index is 1.49. The van der Waals surface area contributed by atoms with Crippen molar-refractivity contribution in [3.05, 3.63) is 52.9 Å². The standard InChI is InChI=1S/C16H13FN4OS/c17-11-3-1-2-10(6-11)14-8-23-16(18-14)19-15(22)13-7-12(20-21-13)9-4-5-9/h1-3,6-9H,4-5H2,(H,20,21)(H,18,19,22).